The highest BCUT2D eigenvalue weighted by molar-refractivity contribution is 5.92. The Morgan fingerprint density at radius 3 is 2.81 bits per heavy atom. The number of hydrogen-bond donors (Lipinski definition) is 0. The molecule has 21 heavy (non-hydrogen) atoms. The molecule has 2 fully saturated rings. The number of likely N-dealkylation sites (N-methyl/N-ethyl adjacent to an activating group) is 1. The number of carbonyl (C=O) groups is 1. The van der Waals surface area contributed by atoms with Crippen molar-refractivity contribution in [2.24, 2.45) is 0 Å². The van der Waals surface area contributed by atoms with Crippen LogP contribution in [0.15, 0.2) is 12.3 Å². The summed E-state index contributed by atoms with van der Waals surface area (Å²) in [6, 6.07) is 2.62. The predicted octanol–water partition coefficient (Wildman–Crippen LogP) is 1.87. The van der Waals surface area contributed by atoms with Gasteiger partial charge in [0.1, 0.15) is 11.5 Å². The lowest BCUT2D eigenvalue weighted by Gasteiger charge is -2.34. The maximum atomic E-state index is 12.8. The minimum absolute atomic E-state index is 0.0750. The first kappa shape index (κ1) is 14.4. The van der Waals surface area contributed by atoms with Gasteiger partial charge in [-0.25, -0.2) is 9.97 Å². The molecule has 0 unspecified atom stereocenters. The second kappa shape index (κ2) is 6.10. The van der Waals surface area contributed by atoms with E-state index in [0.29, 0.717) is 23.6 Å². The first-order valence-electron chi connectivity index (χ1n) is 8.05. The fourth-order valence-corrected chi connectivity index (χ4v) is 3.85. The van der Waals surface area contributed by atoms with Crippen molar-refractivity contribution in [3.8, 4) is 0 Å². The topological polar surface area (TPSA) is 49.3 Å². The zero-order valence-corrected chi connectivity index (χ0v) is 13.0. The van der Waals surface area contributed by atoms with E-state index in [9.17, 15) is 4.79 Å². The van der Waals surface area contributed by atoms with Crippen molar-refractivity contribution in [1.82, 2.24) is 19.8 Å². The molecular formula is C16H24N4O. The molecule has 0 spiro atoms. The molecule has 2 saturated heterocycles. The molecule has 1 aromatic rings. The highest BCUT2D eigenvalue weighted by Gasteiger charge is 2.39. The van der Waals surface area contributed by atoms with Gasteiger partial charge in [0.15, 0.2) is 0 Å². The van der Waals surface area contributed by atoms with Gasteiger partial charge in [-0.15, -0.1) is 0 Å². The summed E-state index contributed by atoms with van der Waals surface area (Å²) in [5, 5.41) is 0. The Labute approximate surface area is 126 Å². The molecule has 0 aromatic carbocycles. The third-order valence-electron chi connectivity index (χ3n) is 4.82. The van der Waals surface area contributed by atoms with Gasteiger partial charge in [-0.1, -0.05) is 6.92 Å². The van der Waals surface area contributed by atoms with E-state index in [2.05, 4.69) is 26.7 Å². The number of amides is 1. The van der Waals surface area contributed by atoms with Gasteiger partial charge >= 0.3 is 0 Å². The molecular weight excluding hydrogens is 264 g/mol. The summed E-state index contributed by atoms with van der Waals surface area (Å²) in [5.41, 5.74) is 0.537. The number of aromatic nitrogens is 2. The molecule has 2 atom stereocenters. The van der Waals surface area contributed by atoms with E-state index in [1.54, 1.807) is 12.3 Å². The van der Waals surface area contributed by atoms with Crippen LogP contribution >= 0.6 is 0 Å². The molecule has 0 aliphatic carbocycles. The van der Waals surface area contributed by atoms with E-state index in [1.165, 1.54) is 19.4 Å². The lowest BCUT2D eigenvalue weighted by atomic mass is 10.0. The van der Waals surface area contributed by atoms with Crippen LogP contribution in [0.2, 0.25) is 0 Å². The molecule has 0 radical (unpaired) electrons. The molecule has 3 heterocycles. The van der Waals surface area contributed by atoms with Crippen molar-refractivity contribution < 1.29 is 4.79 Å². The number of likely N-dealkylation sites (tertiary alicyclic amines) is 2. The van der Waals surface area contributed by atoms with Gasteiger partial charge in [0.05, 0.1) is 0 Å². The van der Waals surface area contributed by atoms with Crippen molar-refractivity contribution in [3.05, 3.63) is 23.8 Å². The summed E-state index contributed by atoms with van der Waals surface area (Å²) in [7, 11) is 0. The summed E-state index contributed by atoms with van der Waals surface area (Å²) in [5.74, 6) is 0.735. The Bertz CT molecular complexity index is 519. The van der Waals surface area contributed by atoms with Gasteiger partial charge in [0.25, 0.3) is 5.91 Å². The fourth-order valence-electron chi connectivity index (χ4n) is 3.85. The molecule has 0 bridgehead atoms. The van der Waals surface area contributed by atoms with Crippen LogP contribution in [0.4, 0.5) is 0 Å². The van der Waals surface area contributed by atoms with Crippen LogP contribution in [0.1, 0.15) is 48.9 Å². The maximum absolute atomic E-state index is 12.8. The van der Waals surface area contributed by atoms with Crippen molar-refractivity contribution in [1.29, 1.82) is 0 Å². The monoisotopic (exact) mass is 288 g/mol. The summed E-state index contributed by atoms with van der Waals surface area (Å²) in [4.78, 5) is 25.7. The Kier molecular flexibility index (Phi) is 4.19. The van der Waals surface area contributed by atoms with Gasteiger partial charge < -0.3 is 4.90 Å². The number of nitrogens with zero attached hydrogens (tertiary/aromatic N) is 4. The average molecular weight is 288 g/mol. The van der Waals surface area contributed by atoms with E-state index in [-0.39, 0.29) is 5.91 Å². The summed E-state index contributed by atoms with van der Waals surface area (Å²) < 4.78 is 0. The van der Waals surface area contributed by atoms with Crippen molar-refractivity contribution in [2.75, 3.05) is 19.6 Å². The van der Waals surface area contributed by atoms with Crippen molar-refractivity contribution in [2.45, 2.75) is 51.6 Å². The zero-order chi connectivity index (χ0) is 14.8. The molecule has 3 rings (SSSR count). The van der Waals surface area contributed by atoms with Crippen LogP contribution in [0.5, 0.6) is 0 Å². The van der Waals surface area contributed by atoms with Crippen LogP contribution in [-0.2, 0) is 0 Å². The summed E-state index contributed by atoms with van der Waals surface area (Å²) in [6.45, 7) is 7.16. The smallest absolute Gasteiger partial charge is 0.272 e. The zero-order valence-electron chi connectivity index (χ0n) is 13.0. The number of aryl methyl sites for hydroxylation is 1. The minimum atomic E-state index is 0.0750. The van der Waals surface area contributed by atoms with Crippen molar-refractivity contribution in [3.63, 3.8) is 0 Å². The standard InChI is InChI=1S/C16H24N4O/c1-3-19-10-4-6-14(19)15-7-5-11-20(15)16(21)13-8-9-17-12(2)18-13/h8-9,14-15H,3-7,10-11H2,1-2H3/t14-,15+/m1/s1. The SMILES string of the molecule is CCN1CCC[C@@H]1[C@@H]1CCCN1C(=O)c1ccnc(C)n1. The Morgan fingerprint density at radius 1 is 1.29 bits per heavy atom. The van der Waals surface area contributed by atoms with Crippen LogP contribution < -0.4 is 0 Å². The Hall–Kier alpha value is -1.49. The molecule has 5 nitrogen and oxygen atoms in total. The van der Waals surface area contributed by atoms with Crippen LogP contribution in [-0.4, -0.2) is 57.4 Å². The van der Waals surface area contributed by atoms with Gasteiger partial charge in [0, 0.05) is 24.8 Å². The number of hydrogen-bond acceptors (Lipinski definition) is 4. The van der Waals surface area contributed by atoms with Gasteiger partial charge in [-0.05, 0) is 51.8 Å². The first-order chi connectivity index (χ1) is 10.2. The molecule has 1 aromatic heterocycles. The van der Waals surface area contributed by atoms with E-state index in [0.717, 1.165) is 25.9 Å². The third-order valence-corrected chi connectivity index (χ3v) is 4.82. The van der Waals surface area contributed by atoms with Gasteiger partial charge in [0.2, 0.25) is 0 Å². The quantitative estimate of drug-likeness (QED) is 0.852. The van der Waals surface area contributed by atoms with E-state index >= 15 is 0 Å². The third kappa shape index (κ3) is 2.79. The highest BCUT2D eigenvalue weighted by atomic mass is 16.2. The molecule has 5 heteroatoms. The summed E-state index contributed by atoms with van der Waals surface area (Å²) in [6.07, 6.45) is 6.37. The normalized spacial score (nSPS) is 26.5. The lowest BCUT2D eigenvalue weighted by molar-refractivity contribution is 0.0643. The second-order valence-electron chi connectivity index (χ2n) is 6.04. The molecule has 1 amide bonds. The minimum Gasteiger partial charge on any atom is -0.333 e. The highest BCUT2D eigenvalue weighted by Crippen LogP contribution is 2.30. The second-order valence-corrected chi connectivity index (χ2v) is 6.04. The number of carbonyl (C=O) groups excluding carboxylic acids is 1. The molecule has 0 saturated carbocycles. The lowest BCUT2D eigenvalue weighted by Crippen LogP contribution is -2.48. The van der Waals surface area contributed by atoms with Crippen LogP contribution in [0.25, 0.3) is 0 Å². The van der Waals surface area contributed by atoms with Crippen LogP contribution in [0.3, 0.4) is 0 Å². The molecule has 0 N–H and O–H groups in total. The molecule has 2 aliphatic rings. The van der Waals surface area contributed by atoms with Gasteiger partial charge in [-0.3, -0.25) is 9.69 Å². The number of rotatable bonds is 3. The Balaban J connectivity index is 1.79. The van der Waals surface area contributed by atoms with Crippen LogP contribution in [0, 0.1) is 6.92 Å². The fraction of sp³-hybridized carbons (Fsp3) is 0.688. The maximum Gasteiger partial charge on any atom is 0.272 e. The molecule has 2 aliphatic heterocycles. The van der Waals surface area contributed by atoms with E-state index < -0.39 is 0 Å². The summed E-state index contributed by atoms with van der Waals surface area (Å²) >= 11 is 0. The molecule has 114 valence electrons. The van der Waals surface area contributed by atoms with Crippen molar-refractivity contribution >= 4 is 5.91 Å². The van der Waals surface area contributed by atoms with E-state index in [4.69, 9.17) is 0 Å². The predicted molar refractivity (Wildman–Crippen MR) is 81.1 cm³/mol. The van der Waals surface area contributed by atoms with E-state index in [1.807, 2.05) is 6.92 Å². The van der Waals surface area contributed by atoms with Gasteiger partial charge in [-0.2, -0.15) is 0 Å². The Morgan fingerprint density at radius 2 is 2.05 bits per heavy atom. The largest absolute Gasteiger partial charge is 0.333 e. The first-order valence-corrected chi connectivity index (χ1v) is 8.05. The average Bonchev–Trinajstić information content (AvgIpc) is 3.14.